The number of rotatable bonds is 6. The van der Waals surface area contributed by atoms with Gasteiger partial charge < -0.3 is 16.2 Å². The summed E-state index contributed by atoms with van der Waals surface area (Å²) in [5, 5.41) is 12.7. The van der Waals surface area contributed by atoms with Crippen molar-refractivity contribution in [2.24, 2.45) is 5.73 Å². The highest BCUT2D eigenvalue weighted by Crippen LogP contribution is 2.14. The van der Waals surface area contributed by atoms with E-state index < -0.39 is 0 Å². The van der Waals surface area contributed by atoms with Crippen LogP contribution < -0.4 is 11.1 Å². The number of phenolic OH excluding ortho intramolecular Hbond substituents is 1. The van der Waals surface area contributed by atoms with Gasteiger partial charge >= 0.3 is 0 Å². The first-order valence-corrected chi connectivity index (χ1v) is 5.02. The van der Waals surface area contributed by atoms with Crippen LogP contribution in [0.1, 0.15) is 18.4 Å². The van der Waals surface area contributed by atoms with Gasteiger partial charge in [0.1, 0.15) is 5.75 Å². The fourth-order valence-electron chi connectivity index (χ4n) is 1.28. The average molecular weight is 194 g/mol. The van der Waals surface area contributed by atoms with Gasteiger partial charge in [-0.1, -0.05) is 18.2 Å². The number of benzene rings is 1. The Bertz CT molecular complexity index is 263. The zero-order valence-electron chi connectivity index (χ0n) is 8.37. The normalized spacial score (nSPS) is 10.4. The Hall–Kier alpha value is -1.06. The molecule has 0 amide bonds. The predicted molar refractivity (Wildman–Crippen MR) is 58.1 cm³/mol. The Morgan fingerprint density at radius 1 is 1.21 bits per heavy atom. The van der Waals surface area contributed by atoms with Crippen LogP contribution in [-0.4, -0.2) is 18.2 Å². The highest BCUT2D eigenvalue weighted by atomic mass is 16.3. The lowest BCUT2D eigenvalue weighted by Crippen LogP contribution is -2.15. The van der Waals surface area contributed by atoms with Gasteiger partial charge in [0.25, 0.3) is 0 Å². The highest BCUT2D eigenvalue weighted by Gasteiger charge is 1.97. The van der Waals surface area contributed by atoms with Gasteiger partial charge in [0.2, 0.25) is 0 Å². The minimum atomic E-state index is 0.360. The molecule has 14 heavy (non-hydrogen) atoms. The molecule has 0 aliphatic heterocycles. The monoisotopic (exact) mass is 194 g/mol. The SMILES string of the molecule is NCCCCNCc1ccccc1O. The van der Waals surface area contributed by atoms with Crippen LogP contribution in [-0.2, 0) is 6.54 Å². The second kappa shape index (κ2) is 6.40. The van der Waals surface area contributed by atoms with Crippen molar-refractivity contribution in [1.82, 2.24) is 5.32 Å². The Balaban J connectivity index is 2.21. The van der Waals surface area contributed by atoms with E-state index in [2.05, 4.69) is 5.32 Å². The van der Waals surface area contributed by atoms with Gasteiger partial charge in [0, 0.05) is 12.1 Å². The summed E-state index contributed by atoms with van der Waals surface area (Å²) in [6, 6.07) is 7.38. The molecule has 3 nitrogen and oxygen atoms in total. The van der Waals surface area contributed by atoms with E-state index >= 15 is 0 Å². The fraction of sp³-hybridized carbons (Fsp3) is 0.455. The second-order valence-corrected chi connectivity index (χ2v) is 3.30. The summed E-state index contributed by atoms with van der Waals surface area (Å²) in [6.07, 6.45) is 2.14. The molecule has 0 radical (unpaired) electrons. The third-order valence-corrected chi connectivity index (χ3v) is 2.11. The molecule has 0 aromatic heterocycles. The van der Waals surface area contributed by atoms with Crippen molar-refractivity contribution in [3.63, 3.8) is 0 Å². The van der Waals surface area contributed by atoms with Gasteiger partial charge in [-0.25, -0.2) is 0 Å². The molecule has 0 saturated heterocycles. The van der Waals surface area contributed by atoms with Crippen molar-refractivity contribution in [3.05, 3.63) is 29.8 Å². The Labute approximate surface area is 84.9 Å². The van der Waals surface area contributed by atoms with Crippen LogP contribution in [0.4, 0.5) is 0 Å². The first kappa shape index (κ1) is 11.0. The number of aromatic hydroxyl groups is 1. The Morgan fingerprint density at radius 2 is 2.00 bits per heavy atom. The summed E-state index contributed by atoms with van der Waals surface area (Å²) in [4.78, 5) is 0. The van der Waals surface area contributed by atoms with Crippen molar-refractivity contribution in [2.75, 3.05) is 13.1 Å². The summed E-state index contributed by atoms with van der Waals surface area (Å²) >= 11 is 0. The predicted octanol–water partition coefficient (Wildman–Crippen LogP) is 1.22. The number of phenols is 1. The van der Waals surface area contributed by atoms with E-state index in [1.165, 1.54) is 0 Å². The molecule has 0 fully saturated rings. The summed E-state index contributed by atoms with van der Waals surface area (Å²) in [5.74, 6) is 0.360. The fourth-order valence-corrected chi connectivity index (χ4v) is 1.28. The molecular weight excluding hydrogens is 176 g/mol. The summed E-state index contributed by atoms with van der Waals surface area (Å²) in [5.41, 5.74) is 6.32. The van der Waals surface area contributed by atoms with Crippen LogP contribution in [0.25, 0.3) is 0 Å². The van der Waals surface area contributed by atoms with E-state index in [0.29, 0.717) is 5.75 Å². The number of para-hydroxylation sites is 1. The van der Waals surface area contributed by atoms with Crippen molar-refractivity contribution in [3.8, 4) is 5.75 Å². The quantitative estimate of drug-likeness (QED) is 0.597. The molecular formula is C11H18N2O. The highest BCUT2D eigenvalue weighted by molar-refractivity contribution is 5.31. The van der Waals surface area contributed by atoms with Crippen LogP contribution in [0.15, 0.2) is 24.3 Å². The van der Waals surface area contributed by atoms with E-state index in [-0.39, 0.29) is 0 Å². The zero-order chi connectivity index (χ0) is 10.2. The summed E-state index contributed by atoms with van der Waals surface area (Å²) in [7, 11) is 0. The van der Waals surface area contributed by atoms with Crippen molar-refractivity contribution >= 4 is 0 Å². The molecule has 1 aromatic rings. The van der Waals surface area contributed by atoms with E-state index in [1.54, 1.807) is 6.07 Å². The lowest BCUT2D eigenvalue weighted by molar-refractivity contribution is 0.464. The maximum absolute atomic E-state index is 9.45. The van der Waals surface area contributed by atoms with Crippen LogP contribution >= 0.6 is 0 Å². The standard InChI is InChI=1S/C11H18N2O/c12-7-3-4-8-13-9-10-5-1-2-6-11(10)14/h1-2,5-6,13-14H,3-4,7-9,12H2. The smallest absolute Gasteiger partial charge is 0.120 e. The third-order valence-electron chi connectivity index (χ3n) is 2.11. The maximum atomic E-state index is 9.45. The van der Waals surface area contributed by atoms with Crippen molar-refractivity contribution in [1.29, 1.82) is 0 Å². The molecule has 0 spiro atoms. The van der Waals surface area contributed by atoms with Crippen molar-refractivity contribution in [2.45, 2.75) is 19.4 Å². The molecule has 1 rings (SSSR count). The van der Waals surface area contributed by atoms with Crippen LogP contribution in [0.3, 0.4) is 0 Å². The molecule has 0 heterocycles. The first-order chi connectivity index (χ1) is 6.84. The molecule has 0 aliphatic rings. The minimum absolute atomic E-state index is 0.360. The molecule has 0 aliphatic carbocycles. The van der Waals surface area contributed by atoms with E-state index in [1.807, 2.05) is 18.2 Å². The van der Waals surface area contributed by atoms with Gasteiger partial charge in [-0.15, -0.1) is 0 Å². The number of nitrogens with two attached hydrogens (primary N) is 1. The first-order valence-electron chi connectivity index (χ1n) is 5.02. The molecule has 4 N–H and O–H groups in total. The Kier molecular flexibility index (Phi) is 5.04. The van der Waals surface area contributed by atoms with Crippen molar-refractivity contribution < 1.29 is 5.11 Å². The molecule has 0 bridgehead atoms. The van der Waals surface area contributed by atoms with Gasteiger partial charge in [0.05, 0.1) is 0 Å². The molecule has 78 valence electrons. The lowest BCUT2D eigenvalue weighted by Gasteiger charge is -2.05. The van der Waals surface area contributed by atoms with E-state index in [4.69, 9.17) is 5.73 Å². The molecule has 0 atom stereocenters. The Morgan fingerprint density at radius 3 is 2.71 bits per heavy atom. The van der Waals surface area contributed by atoms with Gasteiger partial charge in [-0.3, -0.25) is 0 Å². The molecule has 0 saturated carbocycles. The van der Waals surface area contributed by atoms with E-state index in [0.717, 1.165) is 38.0 Å². The molecule has 3 heteroatoms. The summed E-state index contributed by atoms with van der Waals surface area (Å²) < 4.78 is 0. The maximum Gasteiger partial charge on any atom is 0.120 e. The van der Waals surface area contributed by atoms with Crippen LogP contribution in [0, 0.1) is 0 Å². The number of nitrogens with one attached hydrogen (secondary N) is 1. The summed E-state index contributed by atoms with van der Waals surface area (Å²) in [6.45, 7) is 2.42. The largest absolute Gasteiger partial charge is 0.508 e. The van der Waals surface area contributed by atoms with Gasteiger partial charge in [0.15, 0.2) is 0 Å². The molecule has 0 unspecified atom stereocenters. The lowest BCUT2D eigenvalue weighted by atomic mass is 10.2. The number of hydrogen-bond acceptors (Lipinski definition) is 3. The number of hydrogen-bond donors (Lipinski definition) is 3. The van der Waals surface area contributed by atoms with Crippen LogP contribution in [0.5, 0.6) is 5.75 Å². The zero-order valence-corrected chi connectivity index (χ0v) is 8.37. The second-order valence-electron chi connectivity index (χ2n) is 3.30. The van der Waals surface area contributed by atoms with Gasteiger partial charge in [-0.05, 0) is 32.0 Å². The molecule has 1 aromatic carbocycles. The average Bonchev–Trinajstić information content (AvgIpc) is 2.20. The van der Waals surface area contributed by atoms with Crippen LogP contribution in [0.2, 0.25) is 0 Å². The van der Waals surface area contributed by atoms with Gasteiger partial charge in [-0.2, -0.15) is 0 Å². The number of unbranched alkanes of at least 4 members (excludes halogenated alkanes) is 1. The van der Waals surface area contributed by atoms with E-state index in [9.17, 15) is 5.11 Å². The third kappa shape index (κ3) is 3.77. The topological polar surface area (TPSA) is 58.3 Å². The minimum Gasteiger partial charge on any atom is -0.508 e.